The molecule has 4 heteroatoms. The number of aromatic nitrogens is 1. The Kier molecular flexibility index (Phi) is 3.36. The Morgan fingerprint density at radius 2 is 2.23 bits per heavy atom. The van der Waals surface area contributed by atoms with Gasteiger partial charge in [0.1, 0.15) is 0 Å². The van der Waals surface area contributed by atoms with Crippen molar-refractivity contribution in [3.8, 4) is 0 Å². The second-order valence-electron chi connectivity index (χ2n) is 3.01. The van der Waals surface area contributed by atoms with Crippen molar-refractivity contribution < 1.29 is 10.2 Å². The lowest BCUT2D eigenvalue weighted by molar-refractivity contribution is 0.164. The molecule has 0 saturated heterocycles. The Hall–Kier alpha value is -0.970. The first kappa shape index (κ1) is 10.1. The van der Waals surface area contributed by atoms with E-state index in [2.05, 4.69) is 4.98 Å². The average Bonchev–Trinajstić information content (AvgIpc) is 2.17. The number of nitrogens with zero attached hydrogens (tertiary/aromatic N) is 1. The van der Waals surface area contributed by atoms with Crippen molar-refractivity contribution in [2.45, 2.75) is 25.7 Å². The number of pyridine rings is 1. The van der Waals surface area contributed by atoms with E-state index in [1.165, 1.54) is 0 Å². The Labute approximate surface area is 77.0 Å². The van der Waals surface area contributed by atoms with Gasteiger partial charge in [-0.1, -0.05) is 6.07 Å². The van der Waals surface area contributed by atoms with Gasteiger partial charge in [-0.15, -0.1) is 0 Å². The van der Waals surface area contributed by atoms with Gasteiger partial charge >= 0.3 is 0 Å². The van der Waals surface area contributed by atoms with Crippen molar-refractivity contribution in [2.75, 3.05) is 0 Å². The van der Waals surface area contributed by atoms with E-state index in [1.807, 2.05) is 0 Å². The smallest absolute Gasteiger partial charge is 0.0852 e. The van der Waals surface area contributed by atoms with Gasteiger partial charge in [0, 0.05) is 6.20 Å². The van der Waals surface area contributed by atoms with Crippen LogP contribution in [0.5, 0.6) is 0 Å². The number of hydrogen-bond donors (Lipinski definition) is 3. The quantitative estimate of drug-likeness (QED) is 0.612. The van der Waals surface area contributed by atoms with Gasteiger partial charge in [0.2, 0.25) is 0 Å². The van der Waals surface area contributed by atoms with Crippen LogP contribution in [0.4, 0.5) is 0 Å². The maximum Gasteiger partial charge on any atom is 0.0852 e. The Morgan fingerprint density at radius 1 is 1.54 bits per heavy atom. The molecule has 4 N–H and O–H groups in total. The zero-order chi connectivity index (χ0) is 9.84. The van der Waals surface area contributed by atoms with E-state index in [4.69, 9.17) is 10.8 Å². The van der Waals surface area contributed by atoms with E-state index in [0.29, 0.717) is 5.69 Å². The highest BCUT2D eigenvalue weighted by atomic mass is 16.3. The molecule has 2 atom stereocenters. The van der Waals surface area contributed by atoms with E-state index in [9.17, 15) is 5.11 Å². The summed E-state index contributed by atoms with van der Waals surface area (Å²) in [5, 5.41) is 17.9. The fourth-order valence-electron chi connectivity index (χ4n) is 1.01. The van der Waals surface area contributed by atoms with Crippen LogP contribution in [0.15, 0.2) is 18.3 Å². The largest absolute Gasteiger partial charge is 0.391 e. The predicted octanol–water partition coefficient (Wildman–Crippen LogP) is -0.0455. The molecule has 72 valence electrons. The molecule has 0 saturated carbocycles. The van der Waals surface area contributed by atoms with Crippen molar-refractivity contribution >= 4 is 0 Å². The van der Waals surface area contributed by atoms with Gasteiger partial charge in [-0.05, 0) is 18.6 Å². The second-order valence-corrected chi connectivity index (χ2v) is 3.01. The maximum atomic E-state index is 9.20. The topological polar surface area (TPSA) is 79.4 Å². The van der Waals surface area contributed by atoms with Crippen LogP contribution in [0.1, 0.15) is 24.2 Å². The highest BCUT2D eigenvalue weighted by Gasteiger charge is 2.11. The fourth-order valence-corrected chi connectivity index (χ4v) is 1.01. The zero-order valence-corrected chi connectivity index (χ0v) is 7.51. The highest BCUT2D eigenvalue weighted by molar-refractivity contribution is 5.17. The molecular formula is C9H14N2O2. The van der Waals surface area contributed by atoms with Crippen LogP contribution in [0.3, 0.4) is 0 Å². The molecular weight excluding hydrogens is 168 g/mol. The van der Waals surface area contributed by atoms with E-state index in [1.54, 1.807) is 25.3 Å². The normalized spacial score (nSPS) is 15.4. The number of hydrogen-bond acceptors (Lipinski definition) is 4. The summed E-state index contributed by atoms with van der Waals surface area (Å²) >= 11 is 0. The van der Waals surface area contributed by atoms with Crippen LogP contribution in [0, 0.1) is 0 Å². The lowest BCUT2D eigenvalue weighted by Gasteiger charge is -2.14. The minimum atomic E-state index is -0.596. The molecule has 0 bridgehead atoms. The Morgan fingerprint density at radius 3 is 2.62 bits per heavy atom. The number of aliphatic hydroxyl groups is 2. The first-order valence-corrected chi connectivity index (χ1v) is 4.14. The van der Waals surface area contributed by atoms with Crippen molar-refractivity contribution in [3.05, 3.63) is 29.6 Å². The third-order valence-electron chi connectivity index (χ3n) is 1.91. The fraction of sp³-hybridized carbons (Fsp3) is 0.444. The molecule has 4 nitrogen and oxygen atoms in total. The Bertz CT molecular complexity index is 259. The number of aliphatic hydroxyl groups excluding tert-OH is 2. The first-order valence-electron chi connectivity index (χ1n) is 4.14. The average molecular weight is 182 g/mol. The molecule has 0 aliphatic rings. The minimum Gasteiger partial charge on any atom is -0.391 e. The third-order valence-corrected chi connectivity index (χ3v) is 1.91. The van der Waals surface area contributed by atoms with Crippen molar-refractivity contribution in [1.82, 2.24) is 4.98 Å². The second kappa shape index (κ2) is 4.32. The van der Waals surface area contributed by atoms with Gasteiger partial charge in [0.15, 0.2) is 0 Å². The van der Waals surface area contributed by atoms with Gasteiger partial charge in [0.25, 0.3) is 0 Å². The minimum absolute atomic E-state index is 0.0792. The summed E-state index contributed by atoms with van der Waals surface area (Å²) in [4.78, 5) is 3.96. The highest BCUT2D eigenvalue weighted by Crippen LogP contribution is 2.12. The Balaban J connectivity index is 2.79. The number of nitrogens with two attached hydrogens (primary N) is 1. The SMILES string of the molecule is C[C@H](O)[C@H](N)c1ccc(CO)nc1. The van der Waals surface area contributed by atoms with Gasteiger partial charge in [-0.25, -0.2) is 0 Å². The molecule has 0 aliphatic carbocycles. The monoisotopic (exact) mass is 182 g/mol. The summed E-state index contributed by atoms with van der Waals surface area (Å²) in [7, 11) is 0. The van der Waals surface area contributed by atoms with Crippen molar-refractivity contribution in [3.63, 3.8) is 0 Å². The van der Waals surface area contributed by atoms with E-state index in [-0.39, 0.29) is 6.61 Å². The summed E-state index contributed by atoms with van der Waals surface area (Å²) < 4.78 is 0. The molecule has 0 unspecified atom stereocenters. The van der Waals surface area contributed by atoms with E-state index >= 15 is 0 Å². The van der Waals surface area contributed by atoms with Crippen LogP contribution >= 0.6 is 0 Å². The van der Waals surface area contributed by atoms with Crippen LogP contribution in [-0.2, 0) is 6.61 Å². The van der Waals surface area contributed by atoms with E-state index < -0.39 is 12.1 Å². The summed E-state index contributed by atoms with van der Waals surface area (Å²) in [5.41, 5.74) is 7.05. The number of rotatable bonds is 3. The predicted molar refractivity (Wildman–Crippen MR) is 48.8 cm³/mol. The molecule has 0 radical (unpaired) electrons. The first-order chi connectivity index (χ1) is 6.15. The van der Waals surface area contributed by atoms with Crippen LogP contribution < -0.4 is 5.73 Å². The standard InChI is InChI=1S/C9H14N2O2/c1-6(13)9(10)7-2-3-8(5-12)11-4-7/h2-4,6,9,12-13H,5,10H2,1H3/t6-,9-/m0/s1. The molecule has 1 heterocycles. The van der Waals surface area contributed by atoms with Crippen LogP contribution in [0.2, 0.25) is 0 Å². The molecule has 1 aromatic heterocycles. The zero-order valence-electron chi connectivity index (χ0n) is 7.51. The lowest BCUT2D eigenvalue weighted by atomic mass is 10.1. The molecule has 13 heavy (non-hydrogen) atoms. The van der Waals surface area contributed by atoms with E-state index in [0.717, 1.165) is 5.56 Å². The molecule has 0 aliphatic heterocycles. The van der Waals surface area contributed by atoms with Gasteiger partial charge in [0.05, 0.1) is 24.4 Å². The lowest BCUT2D eigenvalue weighted by Crippen LogP contribution is -2.23. The molecule has 0 fully saturated rings. The van der Waals surface area contributed by atoms with Crippen molar-refractivity contribution in [1.29, 1.82) is 0 Å². The maximum absolute atomic E-state index is 9.20. The molecule has 0 aromatic carbocycles. The van der Waals surface area contributed by atoms with Gasteiger partial charge in [-0.3, -0.25) is 4.98 Å². The van der Waals surface area contributed by atoms with Gasteiger partial charge < -0.3 is 15.9 Å². The summed E-state index contributed by atoms with van der Waals surface area (Å²) in [5.74, 6) is 0. The third kappa shape index (κ3) is 2.48. The molecule has 0 amide bonds. The summed E-state index contributed by atoms with van der Waals surface area (Å²) in [6.07, 6.45) is 0.977. The summed E-state index contributed by atoms with van der Waals surface area (Å²) in [6, 6.07) is 3.04. The molecule has 0 spiro atoms. The molecule has 1 aromatic rings. The summed E-state index contributed by atoms with van der Waals surface area (Å²) in [6.45, 7) is 1.55. The van der Waals surface area contributed by atoms with Crippen LogP contribution in [0.25, 0.3) is 0 Å². The van der Waals surface area contributed by atoms with Crippen molar-refractivity contribution in [2.24, 2.45) is 5.73 Å². The van der Waals surface area contributed by atoms with Crippen LogP contribution in [-0.4, -0.2) is 21.3 Å². The van der Waals surface area contributed by atoms with Gasteiger partial charge in [-0.2, -0.15) is 0 Å². The molecule has 1 rings (SSSR count).